The maximum absolute atomic E-state index is 2.35. The van der Waals surface area contributed by atoms with E-state index in [-0.39, 0.29) is 0 Å². The van der Waals surface area contributed by atoms with E-state index in [0.717, 1.165) is 0 Å². The first-order valence-electron chi connectivity index (χ1n) is 35.7. The quantitative estimate of drug-likeness (QED) is 0.0421. The molecule has 0 aliphatic carbocycles. The van der Waals surface area contributed by atoms with E-state index >= 15 is 0 Å². The summed E-state index contributed by atoms with van der Waals surface area (Å²) in [6, 6.07) is 0. The number of unbranched alkanes of at least 4 members (excludes halogenated alkanes) is 59. The van der Waals surface area contributed by atoms with Gasteiger partial charge in [0, 0.05) is 0 Å². The minimum Gasteiger partial charge on any atom is -0.0654 e. The second-order valence-electron chi connectivity index (χ2n) is 25.4. The Kier molecular flexibility index (Phi) is 66.1. The van der Waals surface area contributed by atoms with Crippen molar-refractivity contribution in [3.63, 3.8) is 0 Å². The molecule has 0 atom stereocenters. The summed E-state index contributed by atoms with van der Waals surface area (Å²) in [6.45, 7) is 9.34. The summed E-state index contributed by atoms with van der Waals surface area (Å²) in [4.78, 5) is 0. The zero-order valence-corrected chi connectivity index (χ0v) is 52.9. The van der Waals surface area contributed by atoms with Gasteiger partial charge in [0.05, 0.1) is 0 Å². The van der Waals surface area contributed by atoms with Crippen LogP contribution in [0, 0.1) is 0 Å². The summed E-state index contributed by atoms with van der Waals surface area (Å²) in [5, 5.41) is 0. The Balaban J connectivity index is 4.91. The molecule has 0 saturated heterocycles. The molecule has 0 fully saturated rings. The number of rotatable bonds is 67. The van der Waals surface area contributed by atoms with Crippen LogP contribution in [0.1, 0.15) is 432 Å². The normalized spacial score (nSPS) is 12.2. The summed E-state index contributed by atoms with van der Waals surface area (Å²) in [7, 11) is -1.22. The van der Waals surface area contributed by atoms with Crippen LogP contribution in [0.15, 0.2) is 0 Å². The van der Waals surface area contributed by atoms with E-state index in [2.05, 4.69) is 27.7 Å². The molecule has 0 nitrogen and oxygen atoms in total. The van der Waals surface area contributed by atoms with Crippen molar-refractivity contribution in [2.75, 3.05) is 24.6 Å². The molecular formula is C71H147P. The van der Waals surface area contributed by atoms with E-state index in [0.29, 0.717) is 0 Å². The third-order valence-electron chi connectivity index (χ3n) is 18.0. The molecule has 0 saturated carbocycles. The van der Waals surface area contributed by atoms with E-state index < -0.39 is 7.26 Å². The Morgan fingerprint density at radius 3 is 0.292 bits per heavy atom. The predicted octanol–water partition coefficient (Wildman–Crippen LogP) is 27.4. The maximum atomic E-state index is 2.35. The van der Waals surface area contributed by atoms with Gasteiger partial charge in [-0.05, 0) is 0 Å². The van der Waals surface area contributed by atoms with E-state index in [4.69, 9.17) is 0 Å². The van der Waals surface area contributed by atoms with E-state index in [1.807, 2.05) is 0 Å². The summed E-state index contributed by atoms with van der Waals surface area (Å²) in [5.41, 5.74) is 0. The van der Waals surface area contributed by atoms with Crippen molar-refractivity contribution in [1.82, 2.24) is 0 Å². The van der Waals surface area contributed by atoms with Gasteiger partial charge in [0.1, 0.15) is 0 Å². The molecule has 0 aromatic carbocycles. The molecule has 0 unspecified atom stereocenters. The molecule has 436 valence electrons. The van der Waals surface area contributed by atoms with Gasteiger partial charge in [0.15, 0.2) is 0 Å². The van der Waals surface area contributed by atoms with Crippen LogP contribution in [0.5, 0.6) is 0 Å². The topological polar surface area (TPSA) is 0 Å². The first kappa shape index (κ1) is 72.4. The minimum absolute atomic E-state index is 1.22. The van der Waals surface area contributed by atoms with Crippen molar-refractivity contribution in [1.29, 1.82) is 0 Å². The van der Waals surface area contributed by atoms with Gasteiger partial charge >= 0.3 is 314 Å². The van der Waals surface area contributed by atoms with Crippen LogP contribution in [-0.4, -0.2) is 24.6 Å². The van der Waals surface area contributed by atoms with Gasteiger partial charge in [-0.25, -0.2) is 0 Å². The molecular weight excluding hydrogens is 884 g/mol. The Morgan fingerprint density at radius 1 is 0.111 bits per heavy atom. The average molecular weight is 1030 g/mol. The van der Waals surface area contributed by atoms with Crippen molar-refractivity contribution < 1.29 is 0 Å². The molecule has 0 aromatic rings. The summed E-state index contributed by atoms with van der Waals surface area (Å²) < 4.78 is 0. The SMILES string of the molecule is CCCCCCCCCCCCCCCCCCC[PH](CCCCCCCCCCCCCC)(CCCCCCCCCCCCCCCCCCC)CCCCCCCCCCCCCCCCCCC. The van der Waals surface area contributed by atoms with Crippen LogP contribution in [0.4, 0.5) is 0 Å². The average Bonchev–Trinajstić information content (AvgIpc) is 3.39. The molecule has 0 rings (SSSR count). The molecule has 0 radical (unpaired) electrons. The fraction of sp³-hybridized carbons (Fsp3) is 1.00. The van der Waals surface area contributed by atoms with E-state index in [1.54, 1.807) is 76.0 Å². The van der Waals surface area contributed by atoms with E-state index in [1.165, 1.54) is 353 Å². The van der Waals surface area contributed by atoms with Gasteiger partial charge < -0.3 is 0 Å². The Morgan fingerprint density at radius 2 is 0.194 bits per heavy atom. The van der Waals surface area contributed by atoms with Crippen LogP contribution in [0.25, 0.3) is 0 Å². The van der Waals surface area contributed by atoms with Gasteiger partial charge in [-0.3, -0.25) is 0 Å². The van der Waals surface area contributed by atoms with Crippen molar-refractivity contribution >= 4 is 7.26 Å². The first-order chi connectivity index (χ1) is 35.7. The molecule has 1 heteroatoms. The van der Waals surface area contributed by atoms with Crippen molar-refractivity contribution in [3.05, 3.63) is 0 Å². The van der Waals surface area contributed by atoms with Crippen LogP contribution in [0.3, 0.4) is 0 Å². The van der Waals surface area contributed by atoms with Crippen LogP contribution in [0.2, 0.25) is 0 Å². The fourth-order valence-corrected chi connectivity index (χ4v) is 18.3. The molecule has 0 aliphatic heterocycles. The Bertz CT molecular complexity index is 816. The monoisotopic (exact) mass is 1030 g/mol. The number of hydrogen-bond acceptors (Lipinski definition) is 0. The molecule has 0 N–H and O–H groups in total. The summed E-state index contributed by atoms with van der Waals surface area (Å²) in [6.07, 6.45) is 101. The van der Waals surface area contributed by atoms with Gasteiger partial charge in [-0.2, -0.15) is 0 Å². The van der Waals surface area contributed by atoms with Crippen molar-refractivity contribution in [2.24, 2.45) is 0 Å². The zero-order chi connectivity index (χ0) is 51.9. The fourth-order valence-electron chi connectivity index (χ4n) is 12.8. The summed E-state index contributed by atoms with van der Waals surface area (Å²) in [5.74, 6) is 0. The molecule has 72 heavy (non-hydrogen) atoms. The Labute approximate surface area is 461 Å². The molecule has 0 amide bonds. The number of hydrogen-bond donors (Lipinski definition) is 0. The van der Waals surface area contributed by atoms with Gasteiger partial charge in [0.25, 0.3) is 0 Å². The van der Waals surface area contributed by atoms with Crippen LogP contribution >= 0.6 is 7.26 Å². The summed E-state index contributed by atoms with van der Waals surface area (Å²) >= 11 is 0. The van der Waals surface area contributed by atoms with Crippen molar-refractivity contribution in [3.8, 4) is 0 Å². The zero-order valence-electron chi connectivity index (χ0n) is 51.9. The smallest absolute Gasteiger partial charge is 0.0654 e. The minimum atomic E-state index is -1.22. The molecule has 0 heterocycles. The first-order valence-corrected chi connectivity index (χ1v) is 38.6. The molecule has 0 aliphatic rings. The standard InChI is InChI=1S/C71H147P/c1-5-9-13-17-21-25-29-33-36-39-42-45-49-53-57-61-65-69-72(68-64-60-56-52-48-32-28-24-20-16-12-8-4,70-66-62-58-54-50-46-43-40-37-34-30-26-22-18-14-10-6-2)71-67-63-59-55-51-47-44-41-38-35-31-27-23-19-15-11-7-3/h72H,5-71H2,1-4H3. The molecule has 0 bridgehead atoms. The van der Waals surface area contributed by atoms with Gasteiger partial charge in [-0.15, -0.1) is 0 Å². The van der Waals surface area contributed by atoms with Gasteiger partial charge in [-0.1, -0.05) is 150 Å². The predicted molar refractivity (Wildman–Crippen MR) is 341 cm³/mol. The second kappa shape index (κ2) is 65.7. The van der Waals surface area contributed by atoms with Gasteiger partial charge in [0.2, 0.25) is 0 Å². The molecule has 0 aromatic heterocycles. The Hall–Kier alpha value is 0.430. The second-order valence-corrected chi connectivity index (χ2v) is 30.4. The van der Waals surface area contributed by atoms with E-state index in [9.17, 15) is 0 Å². The van der Waals surface area contributed by atoms with Crippen LogP contribution < -0.4 is 0 Å². The third-order valence-corrected chi connectivity index (χ3v) is 23.6. The van der Waals surface area contributed by atoms with Crippen molar-refractivity contribution in [2.45, 2.75) is 432 Å². The molecule has 0 spiro atoms. The van der Waals surface area contributed by atoms with Crippen LogP contribution in [-0.2, 0) is 0 Å². The third kappa shape index (κ3) is 59.7.